The summed E-state index contributed by atoms with van der Waals surface area (Å²) in [6, 6.07) is 5.77. The quantitative estimate of drug-likeness (QED) is 0.774. The van der Waals surface area contributed by atoms with Crippen LogP contribution in [-0.2, 0) is 13.5 Å². The fourth-order valence-corrected chi connectivity index (χ4v) is 2.63. The van der Waals surface area contributed by atoms with Crippen molar-refractivity contribution in [3.63, 3.8) is 0 Å². The number of benzene rings is 1. The number of fused-ring (bicyclic) bond motifs is 1. The number of para-hydroxylation sites is 1. The van der Waals surface area contributed by atoms with Crippen molar-refractivity contribution < 1.29 is 9.53 Å². The van der Waals surface area contributed by atoms with Gasteiger partial charge >= 0.3 is 0 Å². The molecule has 0 fully saturated rings. The Hall–Kier alpha value is -2.10. The van der Waals surface area contributed by atoms with E-state index in [0.29, 0.717) is 17.7 Å². The molecule has 0 saturated heterocycles. The zero-order chi connectivity index (χ0) is 13.6. The Kier molecular flexibility index (Phi) is 2.66. The lowest BCUT2D eigenvalue weighted by Crippen LogP contribution is -2.06. The van der Waals surface area contributed by atoms with Crippen LogP contribution in [0.2, 0.25) is 0 Å². The lowest BCUT2D eigenvalue weighted by atomic mass is 9.98. The highest BCUT2D eigenvalue weighted by molar-refractivity contribution is 6.12. The van der Waals surface area contributed by atoms with Gasteiger partial charge in [-0.25, -0.2) is 0 Å². The monoisotopic (exact) mass is 256 g/mol. The third-order valence-corrected chi connectivity index (χ3v) is 3.70. The molecular weight excluding hydrogens is 240 g/mol. The lowest BCUT2D eigenvalue weighted by Gasteiger charge is -2.07. The molecular formula is C15H16N2O2. The fraction of sp³-hybridized carbons (Fsp3) is 0.333. The van der Waals surface area contributed by atoms with Gasteiger partial charge in [0.2, 0.25) is 0 Å². The van der Waals surface area contributed by atoms with E-state index in [0.717, 1.165) is 29.1 Å². The van der Waals surface area contributed by atoms with Crippen molar-refractivity contribution in [1.82, 2.24) is 9.78 Å². The van der Waals surface area contributed by atoms with Crippen molar-refractivity contribution in [2.24, 2.45) is 7.05 Å². The number of hydrogen-bond donors (Lipinski definition) is 0. The highest BCUT2D eigenvalue weighted by atomic mass is 16.5. The Morgan fingerprint density at radius 1 is 1.37 bits per heavy atom. The summed E-state index contributed by atoms with van der Waals surface area (Å²) in [4.78, 5) is 12.7. The summed E-state index contributed by atoms with van der Waals surface area (Å²) in [5.74, 6) is 0.747. The minimum atomic E-state index is 0.00171. The van der Waals surface area contributed by atoms with Gasteiger partial charge < -0.3 is 4.74 Å². The number of aromatic nitrogens is 2. The van der Waals surface area contributed by atoms with E-state index in [9.17, 15) is 4.79 Å². The summed E-state index contributed by atoms with van der Waals surface area (Å²) in [6.07, 6.45) is 0.876. The number of hydrogen-bond acceptors (Lipinski definition) is 3. The topological polar surface area (TPSA) is 44.1 Å². The van der Waals surface area contributed by atoms with E-state index in [1.54, 1.807) is 4.68 Å². The van der Waals surface area contributed by atoms with E-state index in [4.69, 9.17) is 4.74 Å². The van der Waals surface area contributed by atoms with E-state index < -0.39 is 0 Å². The maximum atomic E-state index is 12.7. The van der Waals surface area contributed by atoms with Crippen molar-refractivity contribution in [2.45, 2.75) is 20.3 Å². The van der Waals surface area contributed by atoms with Gasteiger partial charge in [-0.15, -0.1) is 0 Å². The standard InChI is InChI=1S/C15H16N2O2/c1-9-13(10(2)17(3)16-9)14(18)12-6-4-5-11-7-8-19-15(11)12/h4-6H,7-8H2,1-3H3. The lowest BCUT2D eigenvalue weighted by molar-refractivity contribution is 0.103. The summed E-state index contributed by atoms with van der Waals surface area (Å²) >= 11 is 0. The molecule has 0 aliphatic carbocycles. The van der Waals surface area contributed by atoms with Crippen LogP contribution in [0.1, 0.15) is 32.9 Å². The maximum absolute atomic E-state index is 12.7. The summed E-state index contributed by atoms with van der Waals surface area (Å²) < 4.78 is 7.35. The van der Waals surface area contributed by atoms with Crippen LogP contribution in [0.25, 0.3) is 0 Å². The van der Waals surface area contributed by atoms with Crippen LogP contribution in [0, 0.1) is 13.8 Å². The molecule has 0 saturated carbocycles. The van der Waals surface area contributed by atoms with E-state index in [1.165, 1.54) is 0 Å². The number of ketones is 1. The predicted molar refractivity (Wildman–Crippen MR) is 71.8 cm³/mol. The van der Waals surface area contributed by atoms with E-state index >= 15 is 0 Å². The molecule has 1 aliphatic heterocycles. The molecule has 0 atom stereocenters. The molecule has 0 bridgehead atoms. The molecule has 4 nitrogen and oxygen atoms in total. The Labute approximate surface area is 112 Å². The van der Waals surface area contributed by atoms with Gasteiger partial charge in [-0.3, -0.25) is 9.48 Å². The molecule has 98 valence electrons. The molecule has 0 spiro atoms. The van der Waals surface area contributed by atoms with Crippen molar-refractivity contribution in [3.8, 4) is 5.75 Å². The summed E-state index contributed by atoms with van der Waals surface area (Å²) in [6.45, 7) is 4.44. The molecule has 0 radical (unpaired) electrons. The average molecular weight is 256 g/mol. The Bertz CT molecular complexity index is 671. The first-order chi connectivity index (χ1) is 9.09. The zero-order valence-corrected chi connectivity index (χ0v) is 11.4. The summed E-state index contributed by atoms with van der Waals surface area (Å²) in [5, 5.41) is 4.31. The number of carbonyl (C=O) groups is 1. The molecule has 0 unspecified atom stereocenters. The van der Waals surface area contributed by atoms with Crippen molar-refractivity contribution in [3.05, 3.63) is 46.3 Å². The number of nitrogens with zero attached hydrogens (tertiary/aromatic N) is 2. The molecule has 1 aromatic heterocycles. The average Bonchev–Trinajstić information content (AvgIpc) is 2.94. The van der Waals surface area contributed by atoms with E-state index in [2.05, 4.69) is 5.10 Å². The summed E-state index contributed by atoms with van der Waals surface area (Å²) in [7, 11) is 1.85. The second-order valence-corrected chi connectivity index (χ2v) is 4.89. The Morgan fingerprint density at radius 2 is 2.16 bits per heavy atom. The van der Waals surface area contributed by atoms with Crippen molar-refractivity contribution >= 4 is 5.78 Å². The van der Waals surface area contributed by atoms with Crippen LogP contribution in [0.3, 0.4) is 0 Å². The van der Waals surface area contributed by atoms with Gasteiger partial charge in [-0.05, 0) is 25.5 Å². The second kappa shape index (κ2) is 4.23. The molecule has 2 aromatic rings. The van der Waals surface area contributed by atoms with Gasteiger partial charge in [0.15, 0.2) is 5.78 Å². The number of ether oxygens (including phenoxy) is 1. The number of aryl methyl sites for hydroxylation is 2. The Balaban J connectivity index is 2.13. The highest BCUT2D eigenvalue weighted by Gasteiger charge is 2.25. The molecule has 0 amide bonds. The van der Waals surface area contributed by atoms with Gasteiger partial charge in [-0.1, -0.05) is 12.1 Å². The molecule has 1 aromatic carbocycles. The van der Waals surface area contributed by atoms with Crippen molar-refractivity contribution in [1.29, 1.82) is 0 Å². The fourth-order valence-electron chi connectivity index (χ4n) is 2.63. The van der Waals surface area contributed by atoms with Gasteiger partial charge in [0.05, 0.1) is 23.4 Å². The van der Waals surface area contributed by atoms with Crippen LogP contribution in [-0.4, -0.2) is 22.2 Å². The maximum Gasteiger partial charge on any atom is 0.200 e. The molecule has 3 rings (SSSR count). The van der Waals surface area contributed by atoms with E-state index in [1.807, 2.05) is 39.1 Å². The first-order valence-corrected chi connectivity index (χ1v) is 6.39. The minimum absolute atomic E-state index is 0.00171. The van der Waals surface area contributed by atoms with Crippen LogP contribution >= 0.6 is 0 Å². The van der Waals surface area contributed by atoms with Crippen LogP contribution in [0.15, 0.2) is 18.2 Å². The number of carbonyl (C=O) groups excluding carboxylic acids is 1. The molecule has 1 aliphatic rings. The number of rotatable bonds is 2. The van der Waals surface area contributed by atoms with E-state index in [-0.39, 0.29) is 5.78 Å². The molecule has 0 N–H and O–H groups in total. The van der Waals surface area contributed by atoms with Crippen LogP contribution in [0.5, 0.6) is 5.75 Å². The molecule has 19 heavy (non-hydrogen) atoms. The summed E-state index contributed by atoms with van der Waals surface area (Å²) in [5.41, 5.74) is 4.10. The smallest absolute Gasteiger partial charge is 0.200 e. The SMILES string of the molecule is Cc1nn(C)c(C)c1C(=O)c1cccc2c1OCC2. The van der Waals surface area contributed by atoms with Crippen molar-refractivity contribution in [2.75, 3.05) is 6.61 Å². The normalized spacial score (nSPS) is 13.2. The highest BCUT2D eigenvalue weighted by Crippen LogP contribution is 2.32. The van der Waals surface area contributed by atoms with Gasteiger partial charge in [0.1, 0.15) is 5.75 Å². The third-order valence-electron chi connectivity index (χ3n) is 3.70. The largest absolute Gasteiger partial charge is 0.492 e. The second-order valence-electron chi connectivity index (χ2n) is 4.89. The van der Waals surface area contributed by atoms with Gasteiger partial charge in [0, 0.05) is 19.2 Å². The van der Waals surface area contributed by atoms with Crippen LogP contribution < -0.4 is 4.74 Å². The third kappa shape index (κ3) is 1.75. The zero-order valence-electron chi connectivity index (χ0n) is 11.4. The first-order valence-electron chi connectivity index (χ1n) is 6.39. The van der Waals surface area contributed by atoms with Gasteiger partial charge in [0.25, 0.3) is 0 Å². The van der Waals surface area contributed by atoms with Gasteiger partial charge in [-0.2, -0.15) is 5.10 Å². The molecule has 4 heteroatoms. The molecule has 2 heterocycles. The minimum Gasteiger partial charge on any atom is -0.492 e. The van der Waals surface area contributed by atoms with Crippen LogP contribution in [0.4, 0.5) is 0 Å². The predicted octanol–water partition coefficient (Wildman–Crippen LogP) is 2.20. The first kappa shape index (κ1) is 12.0. The Morgan fingerprint density at radius 3 is 2.84 bits per heavy atom.